The molecule has 0 aliphatic heterocycles. The van der Waals surface area contributed by atoms with Crippen LogP contribution in [0.2, 0.25) is 0 Å². The number of hydrogen-bond donors (Lipinski definition) is 2. The van der Waals surface area contributed by atoms with E-state index in [9.17, 15) is 14.4 Å². The van der Waals surface area contributed by atoms with E-state index < -0.39 is 11.1 Å². The number of aromatic nitrogens is 3. The summed E-state index contributed by atoms with van der Waals surface area (Å²) in [5.41, 5.74) is 0.263. The minimum atomic E-state index is -0.399. The number of thiazole rings is 1. The monoisotopic (exact) mass is 356 g/mol. The van der Waals surface area contributed by atoms with Gasteiger partial charge in [-0.2, -0.15) is 0 Å². The Hall–Kier alpha value is -2.74. The number of nitrogens with one attached hydrogen (secondary N) is 2. The highest BCUT2D eigenvalue weighted by Gasteiger charge is 2.17. The van der Waals surface area contributed by atoms with Crippen molar-refractivity contribution in [1.29, 1.82) is 0 Å². The summed E-state index contributed by atoms with van der Waals surface area (Å²) in [5, 5.41) is 6.34. The minimum Gasteiger partial charge on any atom is -0.300 e. The van der Waals surface area contributed by atoms with Gasteiger partial charge in [0.2, 0.25) is 5.91 Å². The summed E-state index contributed by atoms with van der Waals surface area (Å²) >= 11 is 1.48. The van der Waals surface area contributed by atoms with Gasteiger partial charge in [-0.05, 0) is 37.8 Å². The maximum absolute atomic E-state index is 12.4. The number of nitrogens with zero attached hydrogens (tertiary/aromatic N) is 2. The van der Waals surface area contributed by atoms with Gasteiger partial charge in [0, 0.05) is 4.88 Å². The first-order valence-electron chi connectivity index (χ1n) is 8.12. The van der Waals surface area contributed by atoms with Crippen molar-refractivity contribution in [3.05, 3.63) is 55.5 Å². The third-order valence-corrected chi connectivity index (χ3v) is 5.35. The molecule has 0 saturated carbocycles. The fourth-order valence-electron chi connectivity index (χ4n) is 3.07. The van der Waals surface area contributed by atoms with Gasteiger partial charge in [-0.1, -0.05) is 12.1 Å². The summed E-state index contributed by atoms with van der Waals surface area (Å²) in [4.78, 5) is 42.4. The molecule has 1 aromatic carbocycles. The average molecular weight is 356 g/mol. The standard InChI is InChI=1S/C17H16N4O3S/c22-14(19-17-18-12-7-3-4-8-13(12)25-17)9-21-16(24)11-6-2-1-5-10(11)15(23)20-21/h1-2,5-6H,3-4,7-9H2,(H,20,23)(H,18,19,22). The summed E-state index contributed by atoms with van der Waals surface area (Å²) in [6.07, 6.45) is 4.22. The van der Waals surface area contributed by atoms with Crippen LogP contribution in [0.15, 0.2) is 33.9 Å². The summed E-state index contributed by atoms with van der Waals surface area (Å²) in [6, 6.07) is 6.54. The van der Waals surface area contributed by atoms with E-state index in [1.807, 2.05) is 0 Å². The fraction of sp³-hybridized carbons (Fsp3) is 0.294. The first kappa shape index (κ1) is 15.8. The zero-order valence-electron chi connectivity index (χ0n) is 13.4. The van der Waals surface area contributed by atoms with Crippen molar-refractivity contribution in [3.63, 3.8) is 0 Å². The predicted octanol–water partition coefficient (Wildman–Crippen LogP) is 1.66. The van der Waals surface area contributed by atoms with Crippen LogP contribution in [-0.2, 0) is 24.2 Å². The van der Waals surface area contributed by atoms with Crippen LogP contribution in [0, 0.1) is 0 Å². The highest BCUT2D eigenvalue weighted by Crippen LogP contribution is 2.29. The van der Waals surface area contributed by atoms with Gasteiger partial charge in [-0.15, -0.1) is 11.3 Å². The van der Waals surface area contributed by atoms with Crippen LogP contribution in [0.4, 0.5) is 5.13 Å². The van der Waals surface area contributed by atoms with Gasteiger partial charge in [0.15, 0.2) is 5.13 Å². The summed E-state index contributed by atoms with van der Waals surface area (Å²) in [6.45, 7) is -0.261. The SMILES string of the molecule is O=C(Cn1[nH]c(=O)c2ccccc2c1=O)Nc1nc2c(s1)CCCC2. The Balaban J connectivity index is 1.58. The van der Waals surface area contributed by atoms with E-state index in [-0.39, 0.29) is 12.5 Å². The lowest BCUT2D eigenvalue weighted by atomic mass is 10.0. The summed E-state index contributed by atoms with van der Waals surface area (Å²) in [7, 11) is 0. The highest BCUT2D eigenvalue weighted by molar-refractivity contribution is 7.15. The lowest BCUT2D eigenvalue weighted by Gasteiger charge is -2.06. The molecule has 25 heavy (non-hydrogen) atoms. The Morgan fingerprint density at radius 2 is 1.96 bits per heavy atom. The third kappa shape index (κ3) is 3.00. The second-order valence-electron chi connectivity index (χ2n) is 6.02. The number of hydrogen-bond acceptors (Lipinski definition) is 5. The number of carbonyl (C=O) groups excluding carboxylic acids is 1. The largest absolute Gasteiger partial charge is 0.300 e. The van der Waals surface area contributed by atoms with Crippen LogP contribution in [0.25, 0.3) is 10.8 Å². The molecule has 128 valence electrons. The van der Waals surface area contributed by atoms with Crippen LogP contribution in [0.1, 0.15) is 23.4 Å². The maximum Gasteiger partial charge on any atom is 0.273 e. The Kier molecular flexibility index (Phi) is 3.96. The molecule has 0 fully saturated rings. The summed E-state index contributed by atoms with van der Waals surface area (Å²) in [5.74, 6) is -0.390. The van der Waals surface area contributed by atoms with Crippen LogP contribution in [0.5, 0.6) is 0 Å². The topological polar surface area (TPSA) is 96.9 Å². The molecular formula is C17H16N4O3S. The number of carbonyl (C=O) groups is 1. The molecule has 2 aromatic heterocycles. The smallest absolute Gasteiger partial charge is 0.273 e. The number of rotatable bonds is 3. The molecule has 0 spiro atoms. The van der Waals surface area contributed by atoms with Crippen molar-refractivity contribution < 1.29 is 4.79 Å². The second kappa shape index (κ2) is 6.29. The average Bonchev–Trinajstić information content (AvgIpc) is 3.01. The highest BCUT2D eigenvalue weighted by atomic mass is 32.1. The third-order valence-electron chi connectivity index (χ3n) is 4.28. The van der Waals surface area contributed by atoms with E-state index in [4.69, 9.17) is 0 Å². The number of amides is 1. The van der Waals surface area contributed by atoms with Crippen LogP contribution in [-0.4, -0.2) is 20.7 Å². The van der Waals surface area contributed by atoms with E-state index in [1.54, 1.807) is 24.3 Å². The van der Waals surface area contributed by atoms with Crippen LogP contribution >= 0.6 is 11.3 Å². The van der Waals surface area contributed by atoms with Crippen molar-refractivity contribution in [3.8, 4) is 0 Å². The molecule has 7 nitrogen and oxygen atoms in total. The molecule has 1 amide bonds. The van der Waals surface area contributed by atoms with Crippen molar-refractivity contribution in [2.75, 3.05) is 5.32 Å². The minimum absolute atomic E-state index is 0.261. The Morgan fingerprint density at radius 3 is 2.76 bits per heavy atom. The first-order valence-corrected chi connectivity index (χ1v) is 8.94. The molecule has 3 aromatic rings. The van der Waals surface area contributed by atoms with Crippen molar-refractivity contribution >= 4 is 33.1 Å². The lowest BCUT2D eigenvalue weighted by Crippen LogP contribution is -2.34. The zero-order valence-corrected chi connectivity index (χ0v) is 14.2. The van der Waals surface area contributed by atoms with Crippen molar-refractivity contribution in [2.24, 2.45) is 0 Å². The fourth-order valence-corrected chi connectivity index (χ4v) is 4.13. The maximum atomic E-state index is 12.4. The molecular weight excluding hydrogens is 340 g/mol. The number of fused-ring (bicyclic) bond motifs is 2. The van der Waals surface area contributed by atoms with E-state index in [0.717, 1.165) is 36.1 Å². The number of benzene rings is 1. The molecule has 4 rings (SSSR count). The van der Waals surface area contributed by atoms with Crippen LogP contribution in [0.3, 0.4) is 0 Å². The Bertz CT molecular complexity index is 1060. The molecule has 0 bridgehead atoms. The second-order valence-corrected chi connectivity index (χ2v) is 7.11. The Labute approximate surface area is 146 Å². The van der Waals surface area contributed by atoms with Gasteiger partial charge < -0.3 is 5.32 Å². The quantitative estimate of drug-likeness (QED) is 0.746. The van der Waals surface area contributed by atoms with Crippen LogP contribution < -0.4 is 16.4 Å². The molecule has 2 N–H and O–H groups in total. The molecule has 0 unspecified atom stereocenters. The molecule has 2 heterocycles. The van der Waals surface area contributed by atoms with Gasteiger partial charge in [0.05, 0.1) is 16.5 Å². The van der Waals surface area contributed by atoms with E-state index in [0.29, 0.717) is 15.9 Å². The molecule has 0 radical (unpaired) electrons. The zero-order chi connectivity index (χ0) is 17.4. The molecule has 0 atom stereocenters. The molecule has 1 aliphatic carbocycles. The van der Waals surface area contributed by atoms with Gasteiger partial charge in [0.1, 0.15) is 6.54 Å². The van der Waals surface area contributed by atoms with E-state index in [1.165, 1.54) is 16.2 Å². The number of H-pyrrole nitrogens is 1. The normalized spacial score (nSPS) is 13.6. The van der Waals surface area contributed by atoms with Gasteiger partial charge in [-0.25, -0.2) is 9.67 Å². The summed E-state index contributed by atoms with van der Waals surface area (Å²) < 4.78 is 1.04. The van der Waals surface area contributed by atoms with Crippen molar-refractivity contribution in [2.45, 2.75) is 32.2 Å². The predicted molar refractivity (Wildman–Crippen MR) is 96.2 cm³/mol. The Morgan fingerprint density at radius 1 is 1.20 bits per heavy atom. The number of aromatic amines is 1. The molecule has 8 heteroatoms. The van der Waals surface area contributed by atoms with E-state index >= 15 is 0 Å². The van der Waals surface area contributed by atoms with Gasteiger partial charge in [0.25, 0.3) is 11.1 Å². The van der Waals surface area contributed by atoms with E-state index in [2.05, 4.69) is 15.4 Å². The van der Waals surface area contributed by atoms with Gasteiger partial charge in [-0.3, -0.25) is 19.5 Å². The molecule has 1 aliphatic rings. The first-order chi connectivity index (χ1) is 12.1. The number of aryl methyl sites for hydroxylation is 2. The lowest BCUT2D eigenvalue weighted by molar-refractivity contribution is -0.117. The van der Waals surface area contributed by atoms with Crippen molar-refractivity contribution in [1.82, 2.24) is 14.8 Å². The molecule has 0 saturated heterocycles. The van der Waals surface area contributed by atoms with Gasteiger partial charge >= 0.3 is 0 Å². The number of anilines is 1.